The fourth-order valence-corrected chi connectivity index (χ4v) is 3.86. The molecule has 0 spiro atoms. The Morgan fingerprint density at radius 2 is 1.41 bits per heavy atom. The van der Waals surface area contributed by atoms with Gasteiger partial charge >= 0.3 is 12.1 Å². The third-order valence-electron chi connectivity index (χ3n) is 5.67. The van der Waals surface area contributed by atoms with Gasteiger partial charge in [-0.1, -0.05) is 71.0 Å². The molecule has 11 heteroatoms. The zero-order valence-electron chi connectivity index (χ0n) is 21.6. The second kappa shape index (κ2) is 12.7. The van der Waals surface area contributed by atoms with Crippen LogP contribution in [0, 0.1) is 0 Å². The van der Waals surface area contributed by atoms with E-state index >= 15 is 0 Å². The maximum Gasteiger partial charge on any atom is 0.416 e. The first-order valence-corrected chi connectivity index (χ1v) is 11.4. The van der Waals surface area contributed by atoms with E-state index in [9.17, 15) is 18.0 Å². The van der Waals surface area contributed by atoms with E-state index < -0.39 is 17.7 Å². The van der Waals surface area contributed by atoms with E-state index in [1.165, 1.54) is 27.4 Å². The molecule has 3 rings (SSSR count). The highest BCUT2D eigenvalue weighted by Gasteiger charge is 2.30. The molecule has 0 aromatic heterocycles. The minimum atomic E-state index is -4.45. The van der Waals surface area contributed by atoms with Gasteiger partial charge in [0.1, 0.15) is 19.9 Å². The van der Waals surface area contributed by atoms with E-state index in [4.69, 9.17) is 25.1 Å². The molecule has 0 aliphatic heterocycles. The Morgan fingerprint density at radius 3 is 1.97 bits per heavy atom. The van der Waals surface area contributed by atoms with Crippen LogP contribution >= 0.6 is 0 Å². The Bertz CT molecular complexity index is 1410. The lowest BCUT2D eigenvalue weighted by atomic mass is 9.94. The van der Waals surface area contributed by atoms with E-state index in [-0.39, 0.29) is 11.5 Å². The SMILES string of the molecule is CO/N=C(\C(C)=C(/ON)c1ccccc1/C(=N\OC)C(=O)OC)c1ccc(-c2cccc(C(F)(F)F)c2)cc1. The van der Waals surface area contributed by atoms with Crippen molar-refractivity contribution in [1.29, 1.82) is 0 Å². The molecule has 0 unspecified atom stereocenters. The minimum absolute atomic E-state index is 0.117. The maximum absolute atomic E-state index is 13.2. The Balaban J connectivity index is 2.10. The zero-order chi connectivity index (χ0) is 28.6. The van der Waals surface area contributed by atoms with Crippen LogP contribution in [-0.2, 0) is 30.2 Å². The summed E-state index contributed by atoms with van der Waals surface area (Å²) in [6.07, 6.45) is -4.45. The largest absolute Gasteiger partial charge is 0.464 e. The van der Waals surface area contributed by atoms with Crippen LogP contribution in [0.4, 0.5) is 13.2 Å². The molecule has 8 nitrogen and oxygen atoms in total. The van der Waals surface area contributed by atoms with Gasteiger partial charge in [-0.25, -0.2) is 4.79 Å². The lowest BCUT2D eigenvalue weighted by Gasteiger charge is -2.16. The van der Waals surface area contributed by atoms with Gasteiger partial charge in [-0.2, -0.15) is 19.1 Å². The summed E-state index contributed by atoms with van der Waals surface area (Å²) in [5.41, 5.74) is 2.15. The fourth-order valence-electron chi connectivity index (χ4n) is 3.86. The van der Waals surface area contributed by atoms with Crippen LogP contribution in [-0.4, -0.2) is 38.7 Å². The van der Waals surface area contributed by atoms with Gasteiger partial charge in [0.15, 0.2) is 11.5 Å². The number of esters is 1. The number of nitrogens with zero attached hydrogens (tertiary/aromatic N) is 2. The molecule has 204 valence electrons. The highest BCUT2D eigenvalue weighted by atomic mass is 19.4. The molecule has 0 bridgehead atoms. The number of carbonyl (C=O) groups is 1. The number of methoxy groups -OCH3 is 1. The third-order valence-corrected chi connectivity index (χ3v) is 5.67. The number of hydrogen-bond donors (Lipinski definition) is 1. The molecular formula is C28H26F3N3O5. The van der Waals surface area contributed by atoms with Crippen molar-refractivity contribution in [1.82, 2.24) is 0 Å². The molecule has 0 heterocycles. The molecule has 0 saturated heterocycles. The van der Waals surface area contributed by atoms with E-state index in [1.807, 2.05) is 0 Å². The van der Waals surface area contributed by atoms with Crippen LogP contribution in [0.3, 0.4) is 0 Å². The first-order valence-electron chi connectivity index (χ1n) is 11.4. The van der Waals surface area contributed by atoms with Crippen molar-refractivity contribution in [2.24, 2.45) is 16.2 Å². The molecule has 3 aromatic carbocycles. The third kappa shape index (κ3) is 6.63. The number of benzene rings is 3. The molecule has 0 aliphatic carbocycles. The summed E-state index contributed by atoms with van der Waals surface area (Å²) in [6.45, 7) is 1.68. The zero-order valence-corrected chi connectivity index (χ0v) is 21.6. The van der Waals surface area contributed by atoms with Crippen LogP contribution in [0.25, 0.3) is 16.9 Å². The Labute approximate surface area is 223 Å². The van der Waals surface area contributed by atoms with Crippen LogP contribution in [0.2, 0.25) is 0 Å². The molecule has 0 atom stereocenters. The van der Waals surface area contributed by atoms with E-state index in [0.29, 0.717) is 39.1 Å². The summed E-state index contributed by atoms with van der Waals surface area (Å²) in [4.78, 5) is 27.5. The second-order valence-electron chi connectivity index (χ2n) is 8.01. The lowest BCUT2D eigenvalue weighted by Crippen LogP contribution is -2.20. The van der Waals surface area contributed by atoms with E-state index in [2.05, 4.69) is 10.3 Å². The Morgan fingerprint density at radius 1 is 0.795 bits per heavy atom. The van der Waals surface area contributed by atoms with Crippen molar-refractivity contribution in [2.75, 3.05) is 21.3 Å². The quantitative estimate of drug-likeness (QED) is 0.164. The number of alkyl halides is 3. The van der Waals surface area contributed by atoms with Gasteiger partial charge in [-0.15, -0.1) is 0 Å². The number of rotatable bonds is 9. The number of hydrogen-bond acceptors (Lipinski definition) is 8. The van der Waals surface area contributed by atoms with Gasteiger partial charge < -0.3 is 19.2 Å². The molecule has 0 aliphatic rings. The van der Waals surface area contributed by atoms with E-state index in [0.717, 1.165) is 12.1 Å². The minimum Gasteiger partial charge on any atom is -0.464 e. The number of nitrogens with two attached hydrogens (primary N) is 1. The summed E-state index contributed by atoms with van der Waals surface area (Å²) in [5.74, 6) is 5.09. The molecule has 0 amide bonds. The fraction of sp³-hybridized carbons (Fsp3) is 0.179. The van der Waals surface area contributed by atoms with Gasteiger partial charge in [-0.3, -0.25) is 0 Å². The summed E-state index contributed by atoms with van der Waals surface area (Å²) < 4.78 is 44.3. The molecule has 2 N–H and O–H groups in total. The van der Waals surface area contributed by atoms with Crippen LogP contribution in [0.5, 0.6) is 0 Å². The monoisotopic (exact) mass is 541 g/mol. The molecule has 0 saturated carbocycles. The van der Waals surface area contributed by atoms with Gasteiger partial charge in [-0.05, 0) is 30.2 Å². The summed E-state index contributed by atoms with van der Waals surface area (Å²) in [6, 6.07) is 18.4. The van der Waals surface area contributed by atoms with Crippen LogP contribution in [0.1, 0.15) is 29.2 Å². The molecule has 0 radical (unpaired) electrons. The summed E-state index contributed by atoms with van der Waals surface area (Å²) in [5, 5.41) is 7.93. The van der Waals surface area contributed by atoms with Crippen molar-refractivity contribution in [3.63, 3.8) is 0 Å². The second-order valence-corrected chi connectivity index (χ2v) is 8.01. The Kier molecular flexibility index (Phi) is 9.45. The van der Waals surface area contributed by atoms with Crippen molar-refractivity contribution in [2.45, 2.75) is 13.1 Å². The molecular weight excluding hydrogens is 515 g/mol. The summed E-state index contributed by atoms with van der Waals surface area (Å²) >= 11 is 0. The predicted molar refractivity (Wildman–Crippen MR) is 140 cm³/mol. The van der Waals surface area contributed by atoms with Gasteiger partial charge in [0.2, 0.25) is 0 Å². The normalized spacial score (nSPS) is 12.9. The van der Waals surface area contributed by atoms with Gasteiger partial charge in [0.25, 0.3) is 0 Å². The smallest absolute Gasteiger partial charge is 0.416 e. The van der Waals surface area contributed by atoms with Crippen molar-refractivity contribution in [3.8, 4) is 11.1 Å². The summed E-state index contributed by atoms with van der Waals surface area (Å²) in [7, 11) is 3.87. The number of carbonyl (C=O) groups excluding carboxylic acids is 1. The van der Waals surface area contributed by atoms with Crippen molar-refractivity contribution >= 4 is 23.2 Å². The topological polar surface area (TPSA) is 105 Å². The van der Waals surface area contributed by atoms with E-state index in [1.54, 1.807) is 61.5 Å². The first-order chi connectivity index (χ1) is 18.7. The average Bonchev–Trinajstić information content (AvgIpc) is 2.94. The standard InChI is InChI=1S/C28H26F3N3O5/c1-17(26(39-32)23-11-6-5-10-22(23)25(34-38-4)27(35)36-2)24(33-37-3)19-14-12-18(13-15-19)20-8-7-9-21(16-20)28(29,30)31/h5-16H,32H2,1-4H3/b26-17-,33-24+,34-25+. The maximum atomic E-state index is 13.2. The molecule has 39 heavy (non-hydrogen) atoms. The van der Waals surface area contributed by atoms with Gasteiger partial charge in [0.05, 0.1) is 12.7 Å². The lowest BCUT2D eigenvalue weighted by molar-refractivity contribution is -0.137. The first kappa shape index (κ1) is 28.9. The Hall–Kier alpha value is -4.64. The average molecular weight is 542 g/mol. The van der Waals surface area contributed by atoms with Crippen molar-refractivity contribution in [3.05, 3.63) is 101 Å². The number of halogens is 3. The highest BCUT2D eigenvalue weighted by molar-refractivity contribution is 6.44. The highest BCUT2D eigenvalue weighted by Crippen LogP contribution is 2.33. The predicted octanol–water partition coefficient (Wildman–Crippen LogP) is 5.57. The number of oxime groups is 2. The number of ether oxygens (including phenoxy) is 1. The van der Waals surface area contributed by atoms with Crippen LogP contribution < -0.4 is 5.90 Å². The van der Waals surface area contributed by atoms with Gasteiger partial charge in [0, 0.05) is 22.3 Å². The van der Waals surface area contributed by atoms with Crippen LogP contribution in [0.15, 0.2) is 88.7 Å². The van der Waals surface area contributed by atoms with Crippen molar-refractivity contribution < 1.29 is 37.2 Å². The molecule has 0 fully saturated rings. The number of allylic oxidation sites excluding steroid dienone is 1. The molecule has 3 aromatic rings.